The largest absolute Gasteiger partial charge is 0.493 e. The van der Waals surface area contributed by atoms with Crippen LogP contribution in [0, 0.1) is 6.92 Å². The molecule has 0 saturated heterocycles. The lowest BCUT2D eigenvalue weighted by Crippen LogP contribution is -2.29. The number of pyridine rings is 1. The van der Waals surface area contributed by atoms with Crippen LogP contribution < -0.4 is 20.1 Å². The molecule has 3 aromatic heterocycles. The molecule has 1 aliphatic heterocycles. The monoisotopic (exact) mass is 519 g/mol. The van der Waals surface area contributed by atoms with E-state index in [1.54, 1.807) is 7.11 Å². The Bertz CT molecular complexity index is 1450. The van der Waals surface area contributed by atoms with E-state index in [0.717, 1.165) is 50.1 Å². The zero-order valence-corrected chi connectivity index (χ0v) is 23.0. The first-order chi connectivity index (χ1) is 17.7. The summed E-state index contributed by atoms with van der Waals surface area (Å²) < 4.78 is 12.0. The maximum atomic E-state index is 6.25. The predicted molar refractivity (Wildman–Crippen MR) is 149 cm³/mol. The molecule has 0 spiro atoms. The van der Waals surface area contributed by atoms with Crippen molar-refractivity contribution < 1.29 is 9.47 Å². The Morgan fingerprint density at radius 2 is 1.97 bits per heavy atom. The van der Waals surface area contributed by atoms with Gasteiger partial charge in [-0.1, -0.05) is 25.2 Å². The van der Waals surface area contributed by atoms with Crippen molar-refractivity contribution in [3.05, 3.63) is 47.0 Å². The normalized spacial score (nSPS) is 13.7. The van der Waals surface area contributed by atoms with Crippen LogP contribution in [0.3, 0.4) is 0 Å². The summed E-state index contributed by atoms with van der Waals surface area (Å²) >= 11 is 1.39. The molecule has 10 heteroatoms. The van der Waals surface area contributed by atoms with Gasteiger partial charge in [0.25, 0.3) is 0 Å². The van der Waals surface area contributed by atoms with Crippen molar-refractivity contribution in [3.8, 4) is 22.6 Å². The third kappa shape index (κ3) is 5.03. The van der Waals surface area contributed by atoms with Gasteiger partial charge in [-0.3, -0.25) is 0 Å². The average molecular weight is 520 g/mol. The molecule has 1 aliphatic rings. The van der Waals surface area contributed by atoms with Gasteiger partial charge in [-0.15, -0.1) is 0 Å². The van der Waals surface area contributed by atoms with E-state index >= 15 is 0 Å². The quantitative estimate of drug-likeness (QED) is 0.390. The highest BCUT2D eigenvalue weighted by Crippen LogP contribution is 2.40. The zero-order chi connectivity index (χ0) is 26.3. The Kier molecular flexibility index (Phi) is 6.87. The topological polar surface area (TPSA) is 103 Å². The van der Waals surface area contributed by atoms with Crippen molar-refractivity contribution in [2.75, 3.05) is 45.0 Å². The van der Waals surface area contributed by atoms with Crippen molar-refractivity contribution in [2.45, 2.75) is 39.8 Å². The molecular weight excluding hydrogens is 486 g/mol. The fraction of sp³-hybridized carbons (Fsp3) is 0.407. The number of anilines is 2. The van der Waals surface area contributed by atoms with E-state index in [2.05, 4.69) is 46.6 Å². The van der Waals surface area contributed by atoms with Crippen LogP contribution in [0.4, 0.5) is 10.9 Å². The number of fused-ring (bicyclic) bond motifs is 2. The molecule has 0 fully saturated rings. The summed E-state index contributed by atoms with van der Waals surface area (Å²) in [6.45, 7) is 9.01. The number of rotatable bonds is 6. The van der Waals surface area contributed by atoms with Gasteiger partial charge in [0.05, 0.1) is 20.2 Å². The molecule has 37 heavy (non-hydrogen) atoms. The molecule has 1 aromatic carbocycles. The van der Waals surface area contributed by atoms with Crippen LogP contribution in [0.25, 0.3) is 21.5 Å². The Labute approximate surface area is 221 Å². The van der Waals surface area contributed by atoms with Crippen molar-refractivity contribution in [2.24, 2.45) is 0 Å². The molecule has 4 aromatic rings. The first kappa shape index (κ1) is 25.2. The number of aryl methyl sites for hydroxylation is 1. The molecule has 4 heterocycles. The number of nitrogens with zero attached hydrogens (tertiary/aromatic N) is 6. The van der Waals surface area contributed by atoms with Crippen molar-refractivity contribution in [1.29, 1.82) is 0 Å². The first-order valence-corrected chi connectivity index (χ1v) is 13.2. The highest BCUT2D eigenvalue weighted by Gasteiger charge is 2.26. The second-order valence-corrected chi connectivity index (χ2v) is 10.9. The van der Waals surface area contributed by atoms with Crippen LogP contribution in [0.2, 0.25) is 0 Å². The fourth-order valence-corrected chi connectivity index (χ4v) is 5.53. The summed E-state index contributed by atoms with van der Waals surface area (Å²) in [5.74, 6) is 3.55. The summed E-state index contributed by atoms with van der Waals surface area (Å²) in [6, 6.07) is 6.17. The summed E-state index contributed by atoms with van der Waals surface area (Å²) in [5, 5.41) is 0.512. The maximum absolute atomic E-state index is 6.25. The predicted octanol–water partition coefficient (Wildman–Crippen LogP) is 4.63. The lowest BCUT2D eigenvalue weighted by Gasteiger charge is -2.27. The fourth-order valence-electron chi connectivity index (χ4n) is 4.87. The molecule has 2 N–H and O–H groups in total. The van der Waals surface area contributed by atoms with Crippen LogP contribution >= 0.6 is 11.3 Å². The number of methoxy groups -OCH3 is 1. The van der Waals surface area contributed by atoms with Gasteiger partial charge in [0, 0.05) is 35.1 Å². The molecule has 194 valence electrons. The summed E-state index contributed by atoms with van der Waals surface area (Å²) in [6.07, 6.45) is 1.86. The van der Waals surface area contributed by atoms with Gasteiger partial charge in [-0.05, 0) is 50.7 Å². The molecule has 0 radical (unpaired) electrons. The van der Waals surface area contributed by atoms with E-state index in [0.29, 0.717) is 37.1 Å². The minimum atomic E-state index is 0.288. The van der Waals surface area contributed by atoms with Gasteiger partial charge in [0.1, 0.15) is 28.6 Å². The Hall–Kier alpha value is -3.50. The van der Waals surface area contributed by atoms with Crippen molar-refractivity contribution in [3.63, 3.8) is 0 Å². The summed E-state index contributed by atoms with van der Waals surface area (Å²) in [5.41, 5.74) is 11.8. The number of thiazole rings is 1. The molecule has 0 aliphatic carbocycles. The highest BCUT2D eigenvalue weighted by molar-refractivity contribution is 7.21. The molecule has 5 rings (SSSR count). The van der Waals surface area contributed by atoms with E-state index in [1.807, 2.05) is 32.4 Å². The second-order valence-electron chi connectivity index (χ2n) is 9.89. The van der Waals surface area contributed by atoms with Gasteiger partial charge in [-0.25, -0.2) is 19.9 Å². The number of hydrogen-bond acceptors (Lipinski definition) is 10. The molecule has 0 atom stereocenters. The Morgan fingerprint density at radius 3 is 2.70 bits per heavy atom. The number of benzene rings is 1. The van der Waals surface area contributed by atoms with Crippen LogP contribution in [0.1, 0.15) is 42.4 Å². The minimum Gasteiger partial charge on any atom is -0.493 e. The van der Waals surface area contributed by atoms with E-state index in [1.165, 1.54) is 16.9 Å². The highest BCUT2D eigenvalue weighted by atomic mass is 32.1. The van der Waals surface area contributed by atoms with E-state index in [9.17, 15) is 0 Å². The lowest BCUT2D eigenvalue weighted by molar-refractivity contribution is 0.305. The van der Waals surface area contributed by atoms with E-state index < -0.39 is 0 Å². The number of nitrogens with two attached hydrogens (primary N) is 1. The molecule has 0 unspecified atom stereocenters. The maximum Gasteiger partial charge on any atom is 0.182 e. The molecular formula is C27H33N7O2S. The number of nitrogen functional groups attached to an aromatic ring is 1. The molecule has 0 saturated carbocycles. The molecule has 0 amide bonds. The van der Waals surface area contributed by atoms with Crippen LogP contribution in [0.15, 0.2) is 24.4 Å². The van der Waals surface area contributed by atoms with Crippen LogP contribution in [-0.2, 0) is 13.1 Å². The summed E-state index contributed by atoms with van der Waals surface area (Å²) in [7, 11) is 5.74. The van der Waals surface area contributed by atoms with Gasteiger partial charge < -0.3 is 25.0 Å². The van der Waals surface area contributed by atoms with E-state index in [-0.39, 0.29) is 5.92 Å². The molecule has 0 bridgehead atoms. The SMILES string of the molecule is COc1cc(-c2cnc3sc(N)nc3c2)cc2c1OCCN(c1nc(CN(C)C)nc(C)c1C(C)C)C2. The second kappa shape index (κ2) is 10.1. The third-order valence-corrected chi connectivity index (χ3v) is 7.22. The number of aromatic nitrogens is 4. The molecule has 9 nitrogen and oxygen atoms in total. The van der Waals surface area contributed by atoms with Gasteiger partial charge in [-0.2, -0.15) is 0 Å². The summed E-state index contributed by atoms with van der Waals surface area (Å²) in [4.78, 5) is 24.1. The minimum absolute atomic E-state index is 0.288. The van der Waals surface area contributed by atoms with Crippen LogP contribution in [-0.4, -0.2) is 59.2 Å². The first-order valence-electron chi connectivity index (χ1n) is 12.4. The van der Waals surface area contributed by atoms with Crippen molar-refractivity contribution in [1.82, 2.24) is 24.8 Å². The van der Waals surface area contributed by atoms with Gasteiger partial charge >= 0.3 is 0 Å². The van der Waals surface area contributed by atoms with Crippen LogP contribution in [0.5, 0.6) is 11.5 Å². The third-order valence-electron chi connectivity index (χ3n) is 6.41. The van der Waals surface area contributed by atoms with Crippen molar-refractivity contribution >= 4 is 32.6 Å². The smallest absolute Gasteiger partial charge is 0.182 e. The Balaban J connectivity index is 1.59. The zero-order valence-electron chi connectivity index (χ0n) is 22.2. The van der Waals surface area contributed by atoms with E-state index in [4.69, 9.17) is 25.2 Å². The Morgan fingerprint density at radius 1 is 1.16 bits per heavy atom. The van der Waals surface area contributed by atoms with Gasteiger partial charge in [0.15, 0.2) is 16.6 Å². The lowest BCUT2D eigenvalue weighted by atomic mass is 10.0. The standard InChI is InChI=1S/C27H33N7O2S/c1-15(2)23-16(3)30-22(14-33(4)5)32-25(23)34-7-8-36-24-19(13-34)9-17(11-21(24)35-6)18-10-20-26(29-12-18)37-27(28)31-20/h9-12,15H,7-8,13-14H2,1-6H3,(H2,28,31). The van der Waals surface area contributed by atoms with Gasteiger partial charge in [0.2, 0.25) is 0 Å². The number of ether oxygens (including phenoxy) is 2. The number of hydrogen-bond donors (Lipinski definition) is 1. The average Bonchev–Trinajstić information content (AvgIpc) is 3.07.